The van der Waals surface area contributed by atoms with Crippen molar-refractivity contribution in [3.63, 3.8) is 0 Å². The Balaban J connectivity index is 1.94. The van der Waals surface area contributed by atoms with Crippen LogP contribution in [0.25, 0.3) is 0 Å². The van der Waals surface area contributed by atoms with E-state index in [4.69, 9.17) is 5.73 Å². The number of amides is 1. The van der Waals surface area contributed by atoms with Gasteiger partial charge in [-0.15, -0.1) is 0 Å². The van der Waals surface area contributed by atoms with E-state index in [-0.39, 0.29) is 5.91 Å². The molecule has 2 rings (SSSR count). The van der Waals surface area contributed by atoms with Crippen LogP contribution in [0.4, 0.5) is 0 Å². The number of carbonyl (C=O) groups excluding carboxylic acids is 1. The van der Waals surface area contributed by atoms with Crippen LogP contribution in [0.1, 0.15) is 65.2 Å². The molecule has 0 radical (unpaired) electrons. The fourth-order valence-electron chi connectivity index (χ4n) is 3.78. The molecule has 0 aromatic carbocycles. The maximum Gasteiger partial charge on any atom is 0.224 e. The van der Waals surface area contributed by atoms with Gasteiger partial charge in [-0.2, -0.15) is 0 Å². The number of primary amides is 1. The van der Waals surface area contributed by atoms with Crippen LogP contribution in [-0.4, -0.2) is 18.5 Å². The molecule has 0 aromatic rings. The molecular weight excluding hydrogens is 224 g/mol. The molecule has 1 atom stereocenters. The topological polar surface area (TPSA) is 55.1 Å². The lowest BCUT2D eigenvalue weighted by Gasteiger charge is -2.40. The summed E-state index contributed by atoms with van der Waals surface area (Å²) < 4.78 is 0. The Morgan fingerprint density at radius 3 is 2.44 bits per heavy atom. The fourth-order valence-corrected chi connectivity index (χ4v) is 3.78. The summed E-state index contributed by atoms with van der Waals surface area (Å²) in [5, 5.41) is 3.66. The monoisotopic (exact) mass is 252 g/mol. The minimum atomic E-state index is -0.432. The van der Waals surface area contributed by atoms with Crippen LogP contribution in [0.3, 0.4) is 0 Å². The summed E-state index contributed by atoms with van der Waals surface area (Å²) >= 11 is 0. The Morgan fingerprint density at radius 2 is 1.83 bits per heavy atom. The molecule has 3 nitrogen and oxygen atoms in total. The van der Waals surface area contributed by atoms with Crippen molar-refractivity contribution < 1.29 is 4.79 Å². The maximum absolute atomic E-state index is 11.4. The smallest absolute Gasteiger partial charge is 0.224 e. The van der Waals surface area contributed by atoms with Gasteiger partial charge in [0.25, 0.3) is 0 Å². The Morgan fingerprint density at radius 1 is 1.22 bits per heavy atom. The van der Waals surface area contributed by atoms with Crippen molar-refractivity contribution in [1.82, 2.24) is 5.32 Å². The quantitative estimate of drug-likeness (QED) is 0.808. The average molecular weight is 252 g/mol. The van der Waals surface area contributed by atoms with Crippen molar-refractivity contribution in [2.24, 2.45) is 16.6 Å². The molecule has 3 heteroatoms. The van der Waals surface area contributed by atoms with Gasteiger partial charge in [0.15, 0.2) is 0 Å². The molecule has 1 spiro atoms. The van der Waals surface area contributed by atoms with Crippen molar-refractivity contribution in [1.29, 1.82) is 0 Å². The summed E-state index contributed by atoms with van der Waals surface area (Å²) in [6, 6.07) is 0.608. The van der Waals surface area contributed by atoms with Crippen molar-refractivity contribution in [3.05, 3.63) is 0 Å². The molecule has 0 aromatic heterocycles. The number of hydrogen-bond acceptors (Lipinski definition) is 2. The first-order chi connectivity index (χ1) is 8.46. The van der Waals surface area contributed by atoms with Gasteiger partial charge in [0.05, 0.1) is 5.41 Å². The van der Waals surface area contributed by atoms with Crippen molar-refractivity contribution >= 4 is 5.91 Å². The molecule has 2 aliphatic rings. The van der Waals surface area contributed by atoms with E-state index < -0.39 is 5.41 Å². The van der Waals surface area contributed by atoms with E-state index in [0.717, 1.165) is 6.54 Å². The van der Waals surface area contributed by atoms with Crippen LogP contribution in [0.5, 0.6) is 0 Å². The van der Waals surface area contributed by atoms with E-state index in [1.165, 1.54) is 51.4 Å². The first-order valence-electron chi connectivity index (χ1n) is 7.50. The van der Waals surface area contributed by atoms with E-state index in [1.807, 2.05) is 13.8 Å². The molecule has 2 fully saturated rings. The molecule has 2 saturated carbocycles. The average Bonchev–Trinajstić information content (AvgIpc) is 2.70. The number of rotatable bonds is 4. The van der Waals surface area contributed by atoms with Crippen LogP contribution in [0.2, 0.25) is 0 Å². The Labute approximate surface area is 111 Å². The first-order valence-corrected chi connectivity index (χ1v) is 7.50. The molecule has 18 heavy (non-hydrogen) atoms. The summed E-state index contributed by atoms with van der Waals surface area (Å²) in [4.78, 5) is 11.4. The fraction of sp³-hybridized carbons (Fsp3) is 0.933. The van der Waals surface area contributed by atoms with Crippen molar-refractivity contribution in [2.75, 3.05) is 6.54 Å². The molecule has 1 unspecified atom stereocenters. The number of carbonyl (C=O) groups is 1. The van der Waals surface area contributed by atoms with Crippen LogP contribution in [-0.2, 0) is 4.79 Å². The second kappa shape index (κ2) is 5.20. The Hall–Kier alpha value is -0.570. The van der Waals surface area contributed by atoms with Gasteiger partial charge in [-0.05, 0) is 44.9 Å². The van der Waals surface area contributed by atoms with Crippen molar-refractivity contribution in [3.8, 4) is 0 Å². The van der Waals surface area contributed by atoms with Gasteiger partial charge in [-0.3, -0.25) is 4.79 Å². The van der Waals surface area contributed by atoms with Gasteiger partial charge in [-0.25, -0.2) is 0 Å². The number of nitrogens with two attached hydrogens (primary N) is 1. The molecule has 2 aliphatic carbocycles. The lowest BCUT2D eigenvalue weighted by Crippen LogP contribution is -2.48. The van der Waals surface area contributed by atoms with Crippen LogP contribution in [0.15, 0.2) is 0 Å². The molecule has 0 heterocycles. The van der Waals surface area contributed by atoms with Crippen LogP contribution < -0.4 is 11.1 Å². The minimum absolute atomic E-state index is 0.203. The molecule has 104 valence electrons. The highest BCUT2D eigenvalue weighted by molar-refractivity contribution is 5.80. The predicted octanol–water partition coefficient (Wildman–Crippen LogP) is 2.59. The number of nitrogens with one attached hydrogen (secondary N) is 1. The highest BCUT2D eigenvalue weighted by atomic mass is 16.1. The lowest BCUT2D eigenvalue weighted by molar-refractivity contribution is -0.125. The van der Waals surface area contributed by atoms with E-state index in [2.05, 4.69) is 5.32 Å². The SMILES string of the molecule is CC(C)(CNC1CCCC12CCCCC2)C(N)=O. The Bertz CT molecular complexity index is 306. The second-order valence-corrected chi connectivity index (χ2v) is 7.00. The molecule has 1 amide bonds. The third-order valence-electron chi connectivity index (χ3n) is 5.21. The minimum Gasteiger partial charge on any atom is -0.369 e. The predicted molar refractivity (Wildman–Crippen MR) is 74.1 cm³/mol. The summed E-state index contributed by atoms with van der Waals surface area (Å²) in [6.07, 6.45) is 10.9. The van der Waals surface area contributed by atoms with E-state index in [0.29, 0.717) is 11.5 Å². The van der Waals surface area contributed by atoms with Crippen LogP contribution in [0, 0.1) is 10.8 Å². The van der Waals surface area contributed by atoms with Gasteiger partial charge in [0.1, 0.15) is 0 Å². The summed E-state index contributed by atoms with van der Waals surface area (Å²) in [7, 11) is 0. The summed E-state index contributed by atoms with van der Waals surface area (Å²) in [6.45, 7) is 4.59. The highest BCUT2D eigenvalue weighted by Crippen LogP contribution is 2.49. The zero-order valence-corrected chi connectivity index (χ0v) is 11.9. The zero-order chi connectivity index (χ0) is 13.2. The highest BCUT2D eigenvalue weighted by Gasteiger charge is 2.43. The lowest BCUT2D eigenvalue weighted by atomic mass is 9.70. The third-order valence-corrected chi connectivity index (χ3v) is 5.21. The number of hydrogen-bond donors (Lipinski definition) is 2. The molecule has 0 aliphatic heterocycles. The maximum atomic E-state index is 11.4. The second-order valence-electron chi connectivity index (χ2n) is 7.00. The molecular formula is C15H28N2O. The summed E-state index contributed by atoms with van der Waals surface area (Å²) in [5.74, 6) is -0.203. The largest absolute Gasteiger partial charge is 0.369 e. The molecule has 0 saturated heterocycles. The van der Waals surface area contributed by atoms with Gasteiger partial charge in [0.2, 0.25) is 5.91 Å². The van der Waals surface area contributed by atoms with E-state index in [1.54, 1.807) is 0 Å². The zero-order valence-electron chi connectivity index (χ0n) is 11.9. The van der Waals surface area contributed by atoms with Crippen LogP contribution >= 0.6 is 0 Å². The first kappa shape index (κ1) is 13.9. The van der Waals surface area contributed by atoms with E-state index >= 15 is 0 Å². The van der Waals surface area contributed by atoms with Gasteiger partial charge >= 0.3 is 0 Å². The molecule has 0 bridgehead atoms. The molecule has 3 N–H and O–H groups in total. The van der Waals surface area contributed by atoms with Gasteiger partial charge in [0, 0.05) is 12.6 Å². The summed E-state index contributed by atoms with van der Waals surface area (Å²) in [5.41, 5.74) is 5.55. The van der Waals surface area contributed by atoms with Crippen molar-refractivity contribution in [2.45, 2.75) is 71.3 Å². The van der Waals surface area contributed by atoms with E-state index in [9.17, 15) is 4.79 Å². The third kappa shape index (κ3) is 2.71. The van der Waals surface area contributed by atoms with Gasteiger partial charge < -0.3 is 11.1 Å². The van der Waals surface area contributed by atoms with Gasteiger partial charge in [-0.1, -0.05) is 25.7 Å². The standard InChI is InChI=1S/C15H28N2O/c1-14(2,13(16)18)11-17-12-7-6-10-15(12)8-4-3-5-9-15/h12,17H,3-11H2,1-2H3,(H2,16,18). The Kier molecular flexibility index (Phi) is 4.00. The normalized spacial score (nSPS) is 27.6.